The summed E-state index contributed by atoms with van der Waals surface area (Å²) in [6, 6.07) is 14.8. The maximum atomic E-state index is 14.2. The maximum absolute atomic E-state index is 14.2. The van der Waals surface area contributed by atoms with Crippen LogP contribution in [0.25, 0.3) is 6.08 Å². The summed E-state index contributed by atoms with van der Waals surface area (Å²) < 4.78 is 10.8. The van der Waals surface area contributed by atoms with Gasteiger partial charge in [0, 0.05) is 56.0 Å². The highest BCUT2D eigenvalue weighted by molar-refractivity contribution is 6.00. The van der Waals surface area contributed by atoms with Crippen molar-refractivity contribution in [1.82, 2.24) is 31.6 Å². The molecule has 0 radical (unpaired) electrons. The summed E-state index contributed by atoms with van der Waals surface area (Å²) in [6.07, 6.45) is 9.91. The van der Waals surface area contributed by atoms with Crippen LogP contribution in [0.4, 0.5) is 16.2 Å². The van der Waals surface area contributed by atoms with Crippen molar-refractivity contribution in [2.45, 2.75) is 109 Å². The number of nitrogens with one attached hydrogen (secondary N) is 7. The highest BCUT2D eigenvalue weighted by Gasteiger charge is 2.42. The number of carbonyl (C=O) groups is 7. The van der Waals surface area contributed by atoms with Crippen molar-refractivity contribution in [3.8, 4) is 0 Å². The Kier molecular flexibility index (Phi) is 23.0. The topological polar surface area (TPSA) is 255 Å². The summed E-state index contributed by atoms with van der Waals surface area (Å²) in [5.41, 5.74) is 2.17. The average Bonchev–Trinajstić information content (AvgIpc) is 3.31. The van der Waals surface area contributed by atoms with Crippen LogP contribution in [0, 0.1) is 6.92 Å². The molecule has 7 amide bonds. The van der Waals surface area contributed by atoms with Gasteiger partial charge in [0.15, 0.2) is 0 Å². The number of pyridine rings is 1. The largest absolute Gasteiger partial charge is 0.481 e. The van der Waals surface area contributed by atoms with Crippen LogP contribution in [0.3, 0.4) is 0 Å². The first-order valence-corrected chi connectivity index (χ1v) is 23.0. The van der Waals surface area contributed by atoms with Crippen molar-refractivity contribution in [3.05, 3.63) is 95.8 Å². The Labute approximate surface area is 392 Å². The second kappa shape index (κ2) is 29.1. The number of unbranched alkanes of at least 4 members (excludes halogenated alkanes) is 1. The van der Waals surface area contributed by atoms with Crippen molar-refractivity contribution in [1.29, 1.82) is 0 Å². The third-order valence-corrected chi connectivity index (χ3v) is 11.1. The Balaban J connectivity index is 1.43. The van der Waals surface area contributed by atoms with Crippen LogP contribution in [-0.4, -0.2) is 109 Å². The summed E-state index contributed by atoms with van der Waals surface area (Å²) in [7, 11) is 0. The second-order valence-electron chi connectivity index (χ2n) is 16.3. The number of urea groups is 1. The van der Waals surface area contributed by atoms with Gasteiger partial charge in [0.1, 0.15) is 17.6 Å². The number of rotatable bonds is 28. The van der Waals surface area contributed by atoms with E-state index in [4.69, 9.17) is 9.47 Å². The molecular formula is C49H66N8O10. The van der Waals surface area contributed by atoms with Gasteiger partial charge in [-0.15, -0.1) is 0 Å². The zero-order valence-electron chi connectivity index (χ0n) is 38.5. The normalized spacial score (nSPS) is 13.9. The molecule has 0 unspecified atom stereocenters. The quantitative estimate of drug-likeness (QED) is 0.0363. The minimum Gasteiger partial charge on any atom is -0.481 e. The first-order valence-electron chi connectivity index (χ1n) is 23.0. The van der Waals surface area contributed by atoms with Crippen LogP contribution >= 0.6 is 0 Å². The van der Waals surface area contributed by atoms with E-state index in [2.05, 4.69) is 42.2 Å². The highest BCUT2D eigenvalue weighted by atomic mass is 16.5. The summed E-state index contributed by atoms with van der Waals surface area (Å²) in [6.45, 7) is 5.87. The molecule has 1 aliphatic carbocycles. The van der Waals surface area contributed by atoms with Crippen LogP contribution in [0.5, 0.6) is 0 Å². The molecule has 1 fully saturated rings. The standard InChI is InChI=1S/C49H66N8O10/c1-3-66-31-32-67-30-29-52-47(64)49(25-8-4-9-26-49)57-46(63)41(17-11-18-44(60)61)55-45(62)40(16-7-10-28-51-42(58)24-21-37-14-12-27-50-34-37)54-43(59)33-36-19-22-38(23-20-36)53-48(65)56-39-15-6-5-13-35(39)2/h5-6,12-15,19-24,27,34,40-41H,3-4,7-11,16-18,25-26,28-33H2,1-2H3,(H,51,58)(H,52,64)(H,54,59)(H,55,62)(H,57,63)(H,60,61)(H2,53,56,65)/b24-21+/t40-,41-/m0/s1. The van der Waals surface area contributed by atoms with E-state index in [0.29, 0.717) is 75.3 Å². The summed E-state index contributed by atoms with van der Waals surface area (Å²) in [4.78, 5) is 96.2. The van der Waals surface area contributed by atoms with Gasteiger partial charge >= 0.3 is 12.0 Å². The number of hydrogen-bond acceptors (Lipinski definition) is 10. The molecule has 18 heteroatoms. The van der Waals surface area contributed by atoms with Gasteiger partial charge in [-0.25, -0.2) is 4.79 Å². The fraction of sp³-hybridized carbons (Fsp3) is 0.469. The van der Waals surface area contributed by atoms with Crippen LogP contribution in [0.15, 0.2) is 79.1 Å². The van der Waals surface area contributed by atoms with Gasteiger partial charge in [-0.1, -0.05) is 55.7 Å². The summed E-state index contributed by atoms with van der Waals surface area (Å²) in [5, 5.41) is 29.2. The van der Waals surface area contributed by atoms with Crippen molar-refractivity contribution in [3.63, 3.8) is 0 Å². The molecule has 0 saturated heterocycles. The van der Waals surface area contributed by atoms with Crippen molar-refractivity contribution < 1.29 is 48.1 Å². The van der Waals surface area contributed by atoms with Crippen LogP contribution in [0.1, 0.15) is 94.2 Å². The smallest absolute Gasteiger partial charge is 0.323 e. The zero-order chi connectivity index (χ0) is 48.3. The van der Waals surface area contributed by atoms with Gasteiger partial charge in [0.05, 0.1) is 26.2 Å². The van der Waals surface area contributed by atoms with Crippen molar-refractivity contribution >= 4 is 59.0 Å². The number of amides is 7. The molecule has 4 rings (SSSR count). The highest BCUT2D eigenvalue weighted by Crippen LogP contribution is 2.29. The summed E-state index contributed by atoms with van der Waals surface area (Å²) >= 11 is 0. The lowest BCUT2D eigenvalue weighted by Gasteiger charge is -2.38. The van der Waals surface area contributed by atoms with Crippen molar-refractivity contribution in [2.24, 2.45) is 0 Å². The molecule has 2 aromatic carbocycles. The van der Waals surface area contributed by atoms with Gasteiger partial charge < -0.3 is 51.8 Å². The van der Waals surface area contributed by atoms with Crippen LogP contribution < -0.4 is 37.2 Å². The Morgan fingerprint density at radius 3 is 2.22 bits per heavy atom. The van der Waals surface area contributed by atoms with E-state index in [0.717, 1.165) is 17.5 Å². The fourth-order valence-electron chi connectivity index (χ4n) is 7.45. The molecule has 362 valence electrons. The minimum atomic E-state index is -1.25. The fourth-order valence-corrected chi connectivity index (χ4v) is 7.45. The SMILES string of the molecule is CCOCCOCCNC(=O)C1(NC(=O)[C@H](CCCC(=O)O)NC(=O)[C@H](CCCCNC(=O)/C=C/c2cccnc2)NC(=O)Cc2ccc(NC(=O)Nc3ccccc3C)cc2)CCCCC1. The lowest BCUT2D eigenvalue weighted by atomic mass is 9.80. The number of anilines is 2. The van der Waals surface area contributed by atoms with Crippen LogP contribution in [-0.2, 0) is 44.7 Å². The van der Waals surface area contributed by atoms with E-state index in [9.17, 15) is 38.7 Å². The average molecular weight is 927 g/mol. The van der Waals surface area contributed by atoms with E-state index in [-0.39, 0.29) is 63.6 Å². The molecule has 1 saturated carbocycles. The Morgan fingerprint density at radius 1 is 0.776 bits per heavy atom. The first kappa shape index (κ1) is 53.0. The molecule has 1 aliphatic rings. The van der Waals surface area contributed by atoms with Crippen molar-refractivity contribution in [2.75, 3.05) is 50.2 Å². The Hall–Kier alpha value is -6.66. The first-order chi connectivity index (χ1) is 32.4. The number of carboxylic acid groups (broad SMARTS) is 1. The molecule has 2 atom stereocenters. The number of carbonyl (C=O) groups excluding carboxylic acids is 6. The number of nitrogens with zero attached hydrogens (tertiary/aromatic N) is 1. The molecular weight excluding hydrogens is 861 g/mol. The summed E-state index contributed by atoms with van der Waals surface area (Å²) in [5.74, 6) is -3.56. The predicted molar refractivity (Wildman–Crippen MR) is 254 cm³/mol. The number of aliphatic carboxylic acids is 1. The molecule has 18 nitrogen and oxygen atoms in total. The van der Waals surface area contributed by atoms with Gasteiger partial charge in [0.2, 0.25) is 29.5 Å². The van der Waals surface area contributed by atoms with E-state index in [1.807, 2.05) is 38.1 Å². The van der Waals surface area contributed by atoms with Gasteiger partial charge in [0.25, 0.3) is 0 Å². The number of benzene rings is 2. The number of aryl methyl sites for hydroxylation is 1. The molecule has 67 heavy (non-hydrogen) atoms. The maximum Gasteiger partial charge on any atom is 0.323 e. The molecule has 8 N–H and O–H groups in total. The predicted octanol–water partition coefficient (Wildman–Crippen LogP) is 4.79. The van der Waals surface area contributed by atoms with E-state index >= 15 is 0 Å². The number of aromatic nitrogens is 1. The zero-order valence-corrected chi connectivity index (χ0v) is 38.5. The molecule has 0 bridgehead atoms. The number of ether oxygens (including phenoxy) is 2. The second-order valence-corrected chi connectivity index (χ2v) is 16.3. The van der Waals surface area contributed by atoms with E-state index in [1.54, 1.807) is 54.9 Å². The van der Waals surface area contributed by atoms with Gasteiger partial charge in [-0.3, -0.25) is 33.8 Å². The molecule has 1 aromatic heterocycles. The molecule has 0 aliphatic heterocycles. The van der Waals surface area contributed by atoms with Gasteiger partial charge in [-0.2, -0.15) is 0 Å². The lowest BCUT2D eigenvalue weighted by molar-refractivity contribution is -0.138. The third kappa shape index (κ3) is 19.8. The van der Waals surface area contributed by atoms with E-state index in [1.165, 1.54) is 6.08 Å². The third-order valence-electron chi connectivity index (χ3n) is 11.1. The van der Waals surface area contributed by atoms with E-state index < -0.39 is 47.3 Å². The number of para-hydroxylation sites is 1. The number of hydrogen-bond donors (Lipinski definition) is 8. The lowest BCUT2D eigenvalue weighted by Crippen LogP contribution is -2.63. The monoisotopic (exact) mass is 926 g/mol. The Morgan fingerprint density at radius 2 is 1.51 bits per heavy atom. The number of carboxylic acids is 1. The van der Waals surface area contributed by atoms with Gasteiger partial charge in [-0.05, 0) is 106 Å². The molecule has 1 heterocycles. The molecule has 0 spiro atoms. The Bertz CT molecular complexity index is 2090. The minimum absolute atomic E-state index is 0.0438. The van der Waals surface area contributed by atoms with Crippen LogP contribution in [0.2, 0.25) is 0 Å². The molecule has 3 aromatic rings.